The summed E-state index contributed by atoms with van der Waals surface area (Å²) in [7, 11) is 1.96. The highest BCUT2D eigenvalue weighted by atomic mass is 32.2. The Kier molecular flexibility index (Phi) is 6.05. The van der Waals surface area contributed by atoms with Crippen molar-refractivity contribution in [1.82, 2.24) is 9.88 Å². The smallest absolute Gasteiger partial charge is 0.247 e. The second kappa shape index (κ2) is 8.75. The molecule has 2 amide bonds. The molecule has 0 bridgehead atoms. The summed E-state index contributed by atoms with van der Waals surface area (Å²) in [6.07, 6.45) is 0.847. The molecule has 1 N–H and O–H groups in total. The van der Waals surface area contributed by atoms with E-state index in [1.54, 1.807) is 12.1 Å². The minimum Gasteiger partial charge on any atom is -0.354 e. The molecular weight excluding hydrogens is 413 g/mol. The number of carbonyl (C=O) groups excluding carboxylic acids is 2. The van der Waals surface area contributed by atoms with Gasteiger partial charge in [-0.3, -0.25) is 14.5 Å². The number of hydrogen-bond donors (Lipinski definition) is 1. The van der Waals surface area contributed by atoms with Crippen LogP contribution in [0.3, 0.4) is 0 Å². The molecule has 5 nitrogen and oxygen atoms in total. The number of carbonyl (C=O) groups is 2. The summed E-state index contributed by atoms with van der Waals surface area (Å²) in [4.78, 5) is 28.3. The highest BCUT2D eigenvalue weighted by molar-refractivity contribution is 8.00. The van der Waals surface area contributed by atoms with E-state index in [4.69, 9.17) is 0 Å². The highest BCUT2D eigenvalue weighted by Crippen LogP contribution is 2.43. The molecule has 0 fully saturated rings. The summed E-state index contributed by atoms with van der Waals surface area (Å²) in [5, 5.41) is 4.88. The van der Waals surface area contributed by atoms with Gasteiger partial charge in [0.25, 0.3) is 0 Å². The van der Waals surface area contributed by atoms with Crippen molar-refractivity contribution in [3.05, 3.63) is 59.9 Å². The van der Waals surface area contributed by atoms with Crippen molar-refractivity contribution >= 4 is 40.2 Å². The standard InChI is InChI=1S/C24H26FN3O2S/c1-15(2)12-13-26-23(30)22-21-18-6-4-5-7-19(18)27(3)24(21)31-14-20(29)28(22)17-10-8-16(25)9-11-17/h4-11,15,22H,12-14H2,1-3H3,(H,26,30)/t22-/m1/s1. The monoisotopic (exact) mass is 439 g/mol. The van der Waals surface area contributed by atoms with Crippen LogP contribution < -0.4 is 10.2 Å². The van der Waals surface area contributed by atoms with Gasteiger partial charge in [-0.1, -0.05) is 43.8 Å². The molecule has 2 heterocycles. The van der Waals surface area contributed by atoms with E-state index in [9.17, 15) is 14.0 Å². The largest absolute Gasteiger partial charge is 0.354 e. The molecule has 4 rings (SSSR count). The lowest BCUT2D eigenvalue weighted by Crippen LogP contribution is -2.44. The predicted octanol–water partition coefficient (Wildman–Crippen LogP) is 4.66. The number of thioether (sulfide) groups is 1. The fourth-order valence-corrected chi connectivity index (χ4v) is 5.10. The van der Waals surface area contributed by atoms with Crippen molar-refractivity contribution in [3.8, 4) is 0 Å². The van der Waals surface area contributed by atoms with Crippen LogP contribution >= 0.6 is 11.8 Å². The first-order valence-corrected chi connectivity index (χ1v) is 11.4. The molecule has 162 valence electrons. The fourth-order valence-electron chi connectivity index (χ4n) is 4.03. The van der Waals surface area contributed by atoms with Gasteiger partial charge < -0.3 is 9.88 Å². The Balaban J connectivity index is 1.87. The quantitative estimate of drug-likeness (QED) is 0.629. The Morgan fingerprint density at radius 1 is 1.19 bits per heavy atom. The third-order valence-electron chi connectivity index (χ3n) is 5.60. The number of fused-ring (bicyclic) bond motifs is 3. The minimum atomic E-state index is -0.832. The lowest BCUT2D eigenvalue weighted by atomic mass is 10.0. The Labute approximate surface area is 185 Å². The van der Waals surface area contributed by atoms with Gasteiger partial charge in [-0.05, 0) is 42.7 Å². The summed E-state index contributed by atoms with van der Waals surface area (Å²) in [5.74, 6) is -0.138. The highest BCUT2D eigenvalue weighted by Gasteiger charge is 2.39. The zero-order chi connectivity index (χ0) is 22.1. The van der Waals surface area contributed by atoms with Crippen LogP contribution in [0.25, 0.3) is 10.9 Å². The summed E-state index contributed by atoms with van der Waals surface area (Å²) < 4.78 is 15.6. The Morgan fingerprint density at radius 3 is 2.61 bits per heavy atom. The third kappa shape index (κ3) is 4.06. The maximum Gasteiger partial charge on any atom is 0.247 e. The van der Waals surface area contributed by atoms with Crippen molar-refractivity contribution in [2.45, 2.75) is 31.3 Å². The lowest BCUT2D eigenvalue weighted by molar-refractivity contribution is -0.125. The number of aromatic nitrogens is 1. The average Bonchev–Trinajstić information content (AvgIpc) is 2.92. The maximum absolute atomic E-state index is 13.6. The zero-order valence-corrected chi connectivity index (χ0v) is 18.7. The molecule has 2 aromatic carbocycles. The number of benzene rings is 2. The molecule has 1 aliphatic rings. The van der Waals surface area contributed by atoms with Crippen molar-refractivity contribution in [1.29, 1.82) is 0 Å². The van der Waals surface area contributed by atoms with E-state index in [0.717, 1.165) is 27.9 Å². The normalized spacial score (nSPS) is 16.5. The van der Waals surface area contributed by atoms with Crippen LogP contribution in [0.15, 0.2) is 53.6 Å². The van der Waals surface area contributed by atoms with Crippen LogP contribution in [0.2, 0.25) is 0 Å². The van der Waals surface area contributed by atoms with Gasteiger partial charge in [0.15, 0.2) is 0 Å². The van der Waals surface area contributed by atoms with E-state index in [-0.39, 0.29) is 23.4 Å². The number of nitrogens with zero attached hydrogens (tertiary/aromatic N) is 2. The molecule has 7 heteroatoms. The second-order valence-electron chi connectivity index (χ2n) is 8.20. The minimum absolute atomic E-state index is 0.180. The van der Waals surface area contributed by atoms with Gasteiger partial charge in [-0.15, -0.1) is 0 Å². The summed E-state index contributed by atoms with van der Waals surface area (Å²) in [5.41, 5.74) is 2.34. The molecule has 0 radical (unpaired) electrons. The van der Waals surface area contributed by atoms with Crippen LogP contribution in [0.1, 0.15) is 31.9 Å². The molecular formula is C24H26FN3O2S. The molecule has 3 aromatic rings. The van der Waals surface area contributed by atoms with E-state index in [0.29, 0.717) is 18.2 Å². The van der Waals surface area contributed by atoms with Gasteiger partial charge in [-0.2, -0.15) is 0 Å². The summed E-state index contributed by atoms with van der Waals surface area (Å²) in [6, 6.07) is 12.8. The number of aryl methyl sites for hydroxylation is 1. The van der Waals surface area contributed by atoms with E-state index in [1.165, 1.54) is 28.8 Å². The van der Waals surface area contributed by atoms with Gasteiger partial charge in [0.2, 0.25) is 11.8 Å². The summed E-state index contributed by atoms with van der Waals surface area (Å²) >= 11 is 1.44. The van der Waals surface area contributed by atoms with Crippen LogP contribution in [-0.4, -0.2) is 28.7 Å². The molecule has 1 aliphatic heterocycles. The first-order chi connectivity index (χ1) is 14.9. The number of halogens is 1. The number of hydrogen-bond acceptors (Lipinski definition) is 3. The molecule has 0 saturated heterocycles. The maximum atomic E-state index is 13.6. The lowest BCUT2D eigenvalue weighted by Gasteiger charge is -2.30. The van der Waals surface area contributed by atoms with Gasteiger partial charge in [0.05, 0.1) is 10.8 Å². The van der Waals surface area contributed by atoms with Crippen LogP contribution in [-0.2, 0) is 16.6 Å². The van der Waals surface area contributed by atoms with Gasteiger partial charge in [-0.25, -0.2) is 4.39 Å². The van der Waals surface area contributed by atoms with Crippen LogP contribution in [0, 0.1) is 11.7 Å². The Morgan fingerprint density at radius 2 is 1.90 bits per heavy atom. The number of rotatable bonds is 5. The van der Waals surface area contributed by atoms with Crippen molar-refractivity contribution in [2.24, 2.45) is 13.0 Å². The first-order valence-electron chi connectivity index (χ1n) is 10.4. The number of para-hydroxylation sites is 1. The second-order valence-corrected chi connectivity index (χ2v) is 9.16. The summed E-state index contributed by atoms with van der Waals surface area (Å²) in [6.45, 7) is 4.74. The molecule has 31 heavy (non-hydrogen) atoms. The number of amides is 2. The van der Waals surface area contributed by atoms with Crippen LogP contribution in [0.5, 0.6) is 0 Å². The van der Waals surface area contributed by atoms with Gasteiger partial charge in [0.1, 0.15) is 11.9 Å². The molecule has 0 aliphatic carbocycles. The Bertz CT molecular complexity index is 1120. The SMILES string of the molecule is CC(C)CCNC(=O)[C@H]1c2c(n(C)c3ccccc23)SCC(=O)N1c1ccc(F)cc1. The van der Waals surface area contributed by atoms with E-state index in [2.05, 4.69) is 19.2 Å². The van der Waals surface area contributed by atoms with E-state index in [1.807, 2.05) is 35.9 Å². The van der Waals surface area contributed by atoms with Gasteiger partial charge in [0, 0.05) is 35.7 Å². The molecule has 0 spiro atoms. The molecule has 1 aromatic heterocycles. The predicted molar refractivity (Wildman–Crippen MR) is 123 cm³/mol. The fraction of sp³-hybridized carbons (Fsp3) is 0.333. The van der Waals surface area contributed by atoms with Crippen molar-refractivity contribution in [3.63, 3.8) is 0 Å². The van der Waals surface area contributed by atoms with E-state index >= 15 is 0 Å². The Hall–Kier alpha value is -2.80. The zero-order valence-electron chi connectivity index (χ0n) is 17.9. The number of nitrogens with one attached hydrogen (secondary N) is 1. The molecule has 0 saturated carbocycles. The average molecular weight is 440 g/mol. The number of anilines is 1. The van der Waals surface area contributed by atoms with E-state index < -0.39 is 6.04 Å². The third-order valence-corrected chi connectivity index (χ3v) is 6.76. The van der Waals surface area contributed by atoms with Gasteiger partial charge >= 0.3 is 0 Å². The van der Waals surface area contributed by atoms with Crippen molar-refractivity contribution < 1.29 is 14.0 Å². The topological polar surface area (TPSA) is 54.3 Å². The molecule has 0 unspecified atom stereocenters. The first kappa shape index (κ1) is 21.4. The van der Waals surface area contributed by atoms with Crippen molar-refractivity contribution in [2.75, 3.05) is 17.2 Å². The molecule has 1 atom stereocenters. The van der Waals surface area contributed by atoms with Crippen LogP contribution in [0.4, 0.5) is 10.1 Å².